The molecule has 7 saturated heterocycles. The minimum Gasteiger partial charge on any atom is -0.481 e. The Labute approximate surface area is 373 Å². The van der Waals surface area contributed by atoms with E-state index in [-0.39, 0.29) is 54.9 Å². The van der Waals surface area contributed by atoms with Gasteiger partial charge in [0.2, 0.25) is 0 Å². The molecule has 5 N–H and O–H groups in total. The van der Waals surface area contributed by atoms with Crippen molar-refractivity contribution in [2.45, 2.75) is 234 Å². The summed E-state index contributed by atoms with van der Waals surface area (Å²) in [5.41, 5.74) is -1.63. The lowest BCUT2D eigenvalue weighted by Crippen LogP contribution is -2.65. The standard InChI is InChI=1S/C46H78O17/c1-22-17-23(2)44(9,51)60-36(22)30-18-31(57-34-19-29(53-10)39(54-11)27(6)56-34)41(58-30)43(8)14-13-32(59-43)42(7)15-16-45(63-42)20-28(47)24(3)37(61-45)25(4)38-40(55-12)35(50)26(5)46(52,62-38)21-33(48)49/h22-32,34-41,47,50-52H,13-21H2,1-12H3,(H,48,49)/t22-,23+,24+,25+,26-,27-,28-,29-,30+,31-,32+,34+,35-,36-,37-,38-,39-,40+,41+,42-,43-,44-,45+,46+/m0/s1. The smallest absolute Gasteiger partial charge is 0.308 e. The van der Waals surface area contributed by atoms with Gasteiger partial charge in [-0.25, -0.2) is 0 Å². The van der Waals surface area contributed by atoms with E-state index in [1.165, 1.54) is 14.0 Å². The summed E-state index contributed by atoms with van der Waals surface area (Å²) >= 11 is 0. The topological polar surface area (TPSA) is 220 Å². The summed E-state index contributed by atoms with van der Waals surface area (Å²) < 4.78 is 71.2. The Kier molecular flexibility index (Phi) is 14.5. The minimum atomic E-state index is -2.16. The number of aliphatic carboxylic acids is 1. The van der Waals surface area contributed by atoms with Gasteiger partial charge < -0.3 is 77.6 Å². The molecule has 7 heterocycles. The van der Waals surface area contributed by atoms with Crippen LogP contribution in [0, 0.1) is 29.6 Å². The van der Waals surface area contributed by atoms with E-state index < -0.39 is 108 Å². The van der Waals surface area contributed by atoms with Crippen LogP contribution in [0.2, 0.25) is 0 Å². The van der Waals surface area contributed by atoms with Gasteiger partial charge in [-0.05, 0) is 59.3 Å². The zero-order valence-corrected chi connectivity index (χ0v) is 39.5. The first-order chi connectivity index (χ1) is 29.4. The van der Waals surface area contributed by atoms with Gasteiger partial charge in [-0.15, -0.1) is 0 Å². The molecule has 24 atom stereocenters. The molecule has 0 aromatic heterocycles. The molecular weight excluding hydrogens is 824 g/mol. The molecule has 7 aliphatic rings. The van der Waals surface area contributed by atoms with Crippen molar-refractivity contribution in [2.75, 3.05) is 21.3 Å². The van der Waals surface area contributed by atoms with E-state index in [4.69, 9.17) is 52.1 Å². The van der Waals surface area contributed by atoms with Gasteiger partial charge in [0, 0.05) is 70.7 Å². The first-order valence-corrected chi connectivity index (χ1v) is 23.4. The molecule has 0 amide bonds. The summed E-state index contributed by atoms with van der Waals surface area (Å²) in [5, 5.41) is 55.2. The fraction of sp³-hybridized carbons (Fsp3) is 0.978. The maximum absolute atomic E-state index is 11.8. The summed E-state index contributed by atoms with van der Waals surface area (Å²) in [6.45, 7) is 17.2. The first-order valence-electron chi connectivity index (χ1n) is 23.4. The molecule has 0 aromatic rings. The monoisotopic (exact) mass is 903 g/mol. The normalized spacial score (nSPS) is 54.7. The van der Waals surface area contributed by atoms with Crippen LogP contribution in [0.1, 0.15) is 120 Å². The Morgan fingerprint density at radius 3 is 2.14 bits per heavy atom. The third kappa shape index (κ3) is 9.39. The molecule has 7 fully saturated rings. The van der Waals surface area contributed by atoms with Gasteiger partial charge in [0.1, 0.15) is 18.3 Å². The summed E-state index contributed by atoms with van der Waals surface area (Å²) in [6, 6.07) is 0. The van der Waals surface area contributed by atoms with Crippen LogP contribution in [0.3, 0.4) is 0 Å². The van der Waals surface area contributed by atoms with Gasteiger partial charge >= 0.3 is 5.97 Å². The quantitative estimate of drug-likeness (QED) is 0.189. The highest BCUT2D eigenvalue weighted by Gasteiger charge is 2.63. The van der Waals surface area contributed by atoms with Crippen LogP contribution in [-0.4, -0.2) is 167 Å². The highest BCUT2D eigenvalue weighted by molar-refractivity contribution is 5.68. The predicted molar refractivity (Wildman–Crippen MR) is 223 cm³/mol. The largest absolute Gasteiger partial charge is 0.481 e. The summed E-state index contributed by atoms with van der Waals surface area (Å²) in [4.78, 5) is 11.8. The second kappa shape index (κ2) is 18.4. The Balaban J connectivity index is 1.09. The maximum Gasteiger partial charge on any atom is 0.308 e. The average molecular weight is 903 g/mol. The van der Waals surface area contributed by atoms with E-state index in [0.29, 0.717) is 38.5 Å². The number of aliphatic hydroxyl groups excluding tert-OH is 2. The van der Waals surface area contributed by atoms with E-state index in [1.807, 2.05) is 34.6 Å². The second-order valence-electron chi connectivity index (χ2n) is 21.1. The van der Waals surface area contributed by atoms with E-state index in [0.717, 1.165) is 6.42 Å². The van der Waals surface area contributed by atoms with E-state index in [2.05, 4.69) is 13.8 Å². The molecule has 0 aliphatic carbocycles. The molecule has 0 radical (unpaired) electrons. The number of methoxy groups -OCH3 is 3. The zero-order chi connectivity index (χ0) is 46.2. The molecule has 0 aromatic carbocycles. The van der Waals surface area contributed by atoms with Crippen LogP contribution in [-0.2, 0) is 56.9 Å². The summed E-state index contributed by atoms with van der Waals surface area (Å²) in [6.07, 6.45) is -4.46. The van der Waals surface area contributed by atoms with Crippen molar-refractivity contribution < 1.29 is 82.4 Å². The number of carbonyl (C=O) groups is 1. The maximum atomic E-state index is 11.8. The highest BCUT2D eigenvalue weighted by atomic mass is 16.7. The third-order valence-electron chi connectivity index (χ3n) is 16.5. The fourth-order valence-electron chi connectivity index (χ4n) is 12.3. The number of hydrogen-bond donors (Lipinski definition) is 5. The Hall–Kier alpha value is -1.13. The molecule has 1 spiro atoms. The first kappa shape index (κ1) is 49.8. The Morgan fingerprint density at radius 2 is 1.49 bits per heavy atom. The van der Waals surface area contributed by atoms with Gasteiger partial charge in [0.05, 0.1) is 78.7 Å². The minimum absolute atomic E-state index is 0.0453. The molecule has 0 unspecified atom stereocenters. The van der Waals surface area contributed by atoms with Gasteiger partial charge in [0.15, 0.2) is 23.7 Å². The van der Waals surface area contributed by atoms with Crippen molar-refractivity contribution >= 4 is 5.97 Å². The lowest BCUT2D eigenvalue weighted by Gasteiger charge is -2.53. The summed E-state index contributed by atoms with van der Waals surface area (Å²) in [7, 11) is 4.75. The predicted octanol–water partition coefficient (Wildman–Crippen LogP) is 3.66. The number of ether oxygens (including phenoxy) is 11. The van der Waals surface area contributed by atoms with E-state index in [9.17, 15) is 30.3 Å². The van der Waals surface area contributed by atoms with Crippen molar-refractivity contribution in [1.82, 2.24) is 0 Å². The molecule has 364 valence electrons. The number of carboxylic acids is 1. The molecule has 0 saturated carbocycles. The van der Waals surface area contributed by atoms with Crippen LogP contribution in [0.25, 0.3) is 0 Å². The van der Waals surface area contributed by atoms with Gasteiger partial charge in [0.25, 0.3) is 0 Å². The number of aliphatic hydroxyl groups is 4. The van der Waals surface area contributed by atoms with Crippen LogP contribution in [0.5, 0.6) is 0 Å². The van der Waals surface area contributed by atoms with E-state index >= 15 is 0 Å². The second-order valence-corrected chi connectivity index (χ2v) is 21.1. The molecule has 17 nitrogen and oxygen atoms in total. The van der Waals surface area contributed by atoms with E-state index in [1.54, 1.807) is 21.1 Å². The van der Waals surface area contributed by atoms with Crippen molar-refractivity contribution in [2.24, 2.45) is 29.6 Å². The van der Waals surface area contributed by atoms with Gasteiger partial charge in [-0.2, -0.15) is 0 Å². The molecule has 7 rings (SSSR count). The van der Waals surface area contributed by atoms with Crippen LogP contribution < -0.4 is 0 Å². The molecular formula is C46H78O17. The van der Waals surface area contributed by atoms with Crippen LogP contribution >= 0.6 is 0 Å². The Bertz CT molecular complexity index is 1590. The van der Waals surface area contributed by atoms with Crippen LogP contribution in [0.4, 0.5) is 0 Å². The highest BCUT2D eigenvalue weighted by Crippen LogP contribution is 2.54. The van der Waals surface area contributed by atoms with Crippen molar-refractivity contribution in [3.8, 4) is 0 Å². The van der Waals surface area contributed by atoms with Gasteiger partial charge in [-0.3, -0.25) is 4.79 Å². The van der Waals surface area contributed by atoms with Crippen molar-refractivity contribution in [1.29, 1.82) is 0 Å². The number of carboxylic acid groups (broad SMARTS) is 1. The Morgan fingerprint density at radius 1 is 0.794 bits per heavy atom. The lowest BCUT2D eigenvalue weighted by atomic mass is 9.75. The zero-order valence-electron chi connectivity index (χ0n) is 39.5. The molecule has 7 aliphatic heterocycles. The van der Waals surface area contributed by atoms with Crippen LogP contribution in [0.15, 0.2) is 0 Å². The number of rotatable bonds is 12. The molecule has 63 heavy (non-hydrogen) atoms. The fourth-order valence-corrected chi connectivity index (χ4v) is 12.3. The SMILES string of the molecule is CO[C@@H]1[C@@H](O)[C@H](C)[C@@](O)(CC(=O)O)O[C@H]1[C@H](C)[C@H]1O[C@@]2(CC[C@@](C)([C@H]3CC[C@@](C)([C@@H]4O[C@@H]([C@H]5O[C@](C)(O)[C@H](C)C[C@@H]5C)C[C@@H]4O[C@@H]4C[C@H](OC)[C@@H](OC)[C@H](C)O4)O3)O2)C[C@H](O)[C@H]1C. The van der Waals surface area contributed by atoms with Crippen molar-refractivity contribution in [3.63, 3.8) is 0 Å². The average Bonchev–Trinajstić information content (AvgIpc) is 3.92. The lowest BCUT2D eigenvalue weighted by molar-refractivity contribution is -0.363. The number of hydrogen-bond acceptors (Lipinski definition) is 16. The van der Waals surface area contributed by atoms with Crippen molar-refractivity contribution in [3.05, 3.63) is 0 Å². The van der Waals surface area contributed by atoms with Gasteiger partial charge in [-0.1, -0.05) is 34.6 Å². The molecule has 0 bridgehead atoms. The third-order valence-corrected chi connectivity index (χ3v) is 16.5. The molecule has 17 heteroatoms. The summed E-state index contributed by atoms with van der Waals surface area (Å²) in [5.74, 6) is -7.77.